The molecule has 0 aromatic carbocycles. The van der Waals surface area contributed by atoms with E-state index in [1.165, 1.54) is 12.8 Å². The van der Waals surface area contributed by atoms with Crippen LogP contribution in [0, 0.1) is 19.3 Å². The fourth-order valence-corrected chi connectivity index (χ4v) is 2.93. The summed E-state index contributed by atoms with van der Waals surface area (Å²) in [5.74, 6) is 1.93. The number of furan rings is 1. The normalized spacial score (nSPS) is 18.9. The van der Waals surface area contributed by atoms with Gasteiger partial charge in [0, 0.05) is 5.41 Å². The van der Waals surface area contributed by atoms with E-state index in [9.17, 15) is 4.79 Å². The molecule has 1 heterocycles. The summed E-state index contributed by atoms with van der Waals surface area (Å²) in [4.78, 5) is 12.6. The first-order valence-corrected chi connectivity index (χ1v) is 6.21. The lowest BCUT2D eigenvalue weighted by Gasteiger charge is -2.25. The minimum Gasteiger partial charge on any atom is -0.466 e. The fraction of sp³-hybridized carbons (Fsp3) is 0.643. The molecule has 0 aliphatic heterocycles. The Kier molecular flexibility index (Phi) is 2.92. The third-order valence-corrected chi connectivity index (χ3v) is 4.00. The maximum Gasteiger partial charge on any atom is 0.172 e. The number of aryl methyl sites for hydroxylation is 2. The van der Waals surface area contributed by atoms with Crippen molar-refractivity contribution in [2.75, 3.05) is 0 Å². The maximum atomic E-state index is 12.6. The van der Waals surface area contributed by atoms with Gasteiger partial charge in [0.1, 0.15) is 11.5 Å². The molecular formula is C14H20O2. The highest BCUT2D eigenvalue weighted by atomic mass is 16.3. The third kappa shape index (κ3) is 1.70. The molecule has 0 saturated heterocycles. The van der Waals surface area contributed by atoms with Crippen molar-refractivity contribution in [2.24, 2.45) is 5.41 Å². The Bertz CT molecular complexity index is 395. The zero-order chi connectivity index (χ0) is 11.8. The molecule has 88 valence electrons. The Morgan fingerprint density at radius 2 is 2.00 bits per heavy atom. The second kappa shape index (κ2) is 4.08. The van der Waals surface area contributed by atoms with Gasteiger partial charge in [-0.15, -0.1) is 0 Å². The largest absolute Gasteiger partial charge is 0.466 e. The van der Waals surface area contributed by atoms with Crippen LogP contribution in [0.2, 0.25) is 0 Å². The monoisotopic (exact) mass is 220 g/mol. The second-order valence-corrected chi connectivity index (χ2v) is 5.00. The number of hydrogen-bond donors (Lipinski definition) is 0. The quantitative estimate of drug-likeness (QED) is 0.719. The first kappa shape index (κ1) is 11.4. The SMILES string of the molecule is CCC1(C(=O)c2cc(C)oc2C)CCCC1. The third-order valence-electron chi connectivity index (χ3n) is 4.00. The van der Waals surface area contributed by atoms with Crippen molar-refractivity contribution in [3.8, 4) is 0 Å². The standard InChI is InChI=1S/C14H20O2/c1-4-14(7-5-6-8-14)13(15)12-9-10(2)16-11(12)3/h9H,4-8H2,1-3H3. The van der Waals surface area contributed by atoms with Crippen LogP contribution in [0.4, 0.5) is 0 Å². The van der Waals surface area contributed by atoms with Crippen LogP contribution in [0.5, 0.6) is 0 Å². The van der Waals surface area contributed by atoms with Crippen molar-refractivity contribution in [3.05, 3.63) is 23.2 Å². The molecular weight excluding hydrogens is 200 g/mol. The van der Waals surface area contributed by atoms with Crippen LogP contribution in [0.15, 0.2) is 10.5 Å². The molecule has 2 heteroatoms. The van der Waals surface area contributed by atoms with Crippen LogP contribution < -0.4 is 0 Å². The van der Waals surface area contributed by atoms with Crippen LogP contribution in [-0.2, 0) is 0 Å². The van der Waals surface area contributed by atoms with Crippen LogP contribution in [0.25, 0.3) is 0 Å². The summed E-state index contributed by atoms with van der Waals surface area (Å²) in [6, 6.07) is 1.90. The highest BCUT2D eigenvalue weighted by Gasteiger charge is 2.40. The molecule has 1 aliphatic rings. The van der Waals surface area contributed by atoms with Crippen molar-refractivity contribution >= 4 is 5.78 Å². The Labute approximate surface area is 97.0 Å². The van der Waals surface area contributed by atoms with Crippen LogP contribution in [-0.4, -0.2) is 5.78 Å². The maximum absolute atomic E-state index is 12.6. The van der Waals surface area contributed by atoms with Gasteiger partial charge >= 0.3 is 0 Å². The van der Waals surface area contributed by atoms with Gasteiger partial charge < -0.3 is 4.42 Å². The van der Waals surface area contributed by atoms with E-state index in [-0.39, 0.29) is 5.41 Å². The molecule has 0 amide bonds. The number of carbonyl (C=O) groups is 1. The molecule has 16 heavy (non-hydrogen) atoms. The van der Waals surface area contributed by atoms with Gasteiger partial charge in [-0.3, -0.25) is 4.79 Å². The average Bonchev–Trinajstić information content (AvgIpc) is 2.85. The van der Waals surface area contributed by atoms with Crippen molar-refractivity contribution in [3.63, 3.8) is 0 Å². The summed E-state index contributed by atoms with van der Waals surface area (Å²) in [6.45, 7) is 5.92. The Morgan fingerprint density at radius 1 is 1.38 bits per heavy atom. The smallest absolute Gasteiger partial charge is 0.172 e. The van der Waals surface area contributed by atoms with Gasteiger partial charge in [-0.1, -0.05) is 19.8 Å². The van der Waals surface area contributed by atoms with Gasteiger partial charge in [0.2, 0.25) is 0 Å². The summed E-state index contributed by atoms with van der Waals surface area (Å²) in [6.07, 6.45) is 5.43. The van der Waals surface area contributed by atoms with Crippen molar-refractivity contribution in [1.29, 1.82) is 0 Å². The van der Waals surface area contributed by atoms with Gasteiger partial charge in [-0.05, 0) is 39.2 Å². The van der Waals surface area contributed by atoms with E-state index in [0.717, 1.165) is 36.3 Å². The van der Waals surface area contributed by atoms with E-state index >= 15 is 0 Å². The fourth-order valence-electron chi connectivity index (χ4n) is 2.93. The predicted molar refractivity (Wildman–Crippen MR) is 63.7 cm³/mol. The minimum atomic E-state index is -0.0962. The number of carbonyl (C=O) groups excluding carboxylic acids is 1. The molecule has 0 spiro atoms. The number of ketones is 1. The summed E-state index contributed by atoms with van der Waals surface area (Å²) >= 11 is 0. The molecule has 0 bridgehead atoms. The van der Waals surface area contributed by atoms with Crippen LogP contribution >= 0.6 is 0 Å². The molecule has 0 unspecified atom stereocenters. The van der Waals surface area contributed by atoms with Gasteiger partial charge in [-0.25, -0.2) is 0 Å². The molecule has 2 rings (SSSR count). The molecule has 1 aliphatic carbocycles. The lowest BCUT2D eigenvalue weighted by molar-refractivity contribution is 0.0789. The highest BCUT2D eigenvalue weighted by Crippen LogP contribution is 2.44. The molecule has 0 radical (unpaired) electrons. The Balaban J connectivity index is 2.33. The van der Waals surface area contributed by atoms with E-state index in [0.29, 0.717) is 5.78 Å². The number of hydrogen-bond acceptors (Lipinski definition) is 2. The highest BCUT2D eigenvalue weighted by molar-refractivity contribution is 6.01. The van der Waals surface area contributed by atoms with E-state index < -0.39 is 0 Å². The van der Waals surface area contributed by atoms with E-state index in [2.05, 4.69) is 6.92 Å². The van der Waals surface area contributed by atoms with Crippen LogP contribution in [0.3, 0.4) is 0 Å². The van der Waals surface area contributed by atoms with Gasteiger partial charge in [0.15, 0.2) is 5.78 Å². The van der Waals surface area contributed by atoms with E-state index in [1.54, 1.807) is 0 Å². The van der Waals surface area contributed by atoms with Crippen LogP contribution in [0.1, 0.15) is 60.9 Å². The Hall–Kier alpha value is -1.05. The molecule has 2 nitrogen and oxygen atoms in total. The zero-order valence-corrected chi connectivity index (χ0v) is 10.4. The molecule has 1 aromatic heterocycles. The van der Waals surface area contributed by atoms with E-state index in [4.69, 9.17) is 4.42 Å². The second-order valence-electron chi connectivity index (χ2n) is 5.00. The number of Topliss-reactive ketones (excluding diaryl/α,β-unsaturated/α-hetero) is 1. The summed E-state index contributed by atoms with van der Waals surface area (Å²) in [5, 5.41) is 0. The topological polar surface area (TPSA) is 30.2 Å². The van der Waals surface area contributed by atoms with Gasteiger partial charge in [-0.2, -0.15) is 0 Å². The molecule has 1 fully saturated rings. The lowest BCUT2D eigenvalue weighted by Crippen LogP contribution is -2.27. The summed E-state index contributed by atoms with van der Waals surface area (Å²) < 4.78 is 5.46. The van der Waals surface area contributed by atoms with Gasteiger partial charge in [0.05, 0.1) is 5.56 Å². The molecule has 0 atom stereocenters. The van der Waals surface area contributed by atoms with Crippen molar-refractivity contribution < 1.29 is 9.21 Å². The minimum absolute atomic E-state index is 0.0962. The molecule has 0 N–H and O–H groups in total. The Morgan fingerprint density at radius 3 is 2.44 bits per heavy atom. The summed E-state index contributed by atoms with van der Waals surface area (Å²) in [5.41, 5.74) is 0.711. The van der Waals surface area contributed by atoms with E-state index in [1.807, 2.05) is 19.9 Å². The van der Waals surface area contributed by atoms with Crippen molar-refractivity contribution in [2.45, 2.75) is 52.9 Å². The lowest BCUT2D eigenvalue weighted by atomic mass is 9.76. The molecule has 1 saturated carbocycles. The summed E-state index contributed by atoms with van der Waals surface area (Å²) in [7, 11) is 0. The first-order chi connectivity index (χ1) is 7.59. The zero-order valence-electron chi connectivity index (χ0n) is 10.4. The van der Waals surface area contributed by atoms with Gasteiger partial charge in [0.25, 0.3) is 0 Å². The predicted octanol–water partition coefficient (Wildman–Crippen LogP) is 4.05. The molecule has 1 aromatic rings. The first-order valence-electron chi connectivity index (χ1n) is 6.21. The van der Waals surface area contributed by atoms with Crippen molar-refractivity contribution in [1.82, 2.24) is 0 Å². The number of rotatable bonds is 3. The average molecular weight is 220 g/mol.